The van der Waals surface area contributed by atoms with Crippen molar-refractivity contribution in [3.05, 3.63) is 42.5 Å². The molecular weight excluding hydrogens is 290 g/mol. The van der Waals surface area contributed by atoms with E-state index in [4.69, 9.17) is 9.94 Å². The Kier molecular flexibility index (Phi) is 3.30. The van der Waals surface area contributed by atoms with Crippen LogP contribution >= 0.6 is 0 Å². The summed E-state index contributed by atoms with van der Waals surface area (Å²) in [6, 6.07) is 5.78. The topological polar surface area (TPSA) is 90.4 Å². The molecule has 1 fully saturated rings. The number of carboxylic acids is 1. The van der Waals surface area contributed by atoms with Crippen LogP contribution in [-0.4, -0.2) is 46.2 Å². The molecule has 1 atom stereocenters. The Hall–Kier alpha value is -2.87. The van der Waals surface area contributed by atoms with Crippen LogP contribution in [0.4, 0.5) is 10.5 Å². The molecule has 0 saturated carbocycles. The van der Waals surface area contributed by atoms with Crippen LogP contribution in [0.25, 0.3) is 0 Å². The van der Waals surface area contributed by atoms with E-state index in [0.717, 1.165) is 15.1 Å². The van der Waals surface area contributed by atoms with Gasteiger partial charge in [0.25, 0.3) is 0 Å². The van der Waals surface area contributed by atoms with Gasteiger partial charge in [0.15, 0.2) is 0 Å². The predicted molar refractivity (Wildman–Crippen MR) is 74.4 cm³/mol. The molecule has 1 aromatic rings. The number of rotatable bonds is 3. The minimum absolute atomic E-state index is 0.130. The number of hydrogen-bond acceptors (Lipinski definition) is 4. The monoisotopic (exact) mass is 303 g/mol. The van der Waals surface area contributed by atoms with Gasteiger partial charge in [-0.15, -0.1) is 6.58 Å². The molecule has 8 heteroatoms. The van der Waals surface area contributed by atoms with Crippen LogP contribution in [-0.2, 0) is 14.4 Å². The largest absolute Gasteiger partial charge is 0.474 e. The molecule has 1 saturated heterocycles. The highest BCUT2D eigenvalue weighted by molar-refractivity contribution is 6.37. The van der Waals surface area contributed by atoms with E-state index in [1.54, 1.807) is 24.3 Å². The number of nitrogens with zero attached hydrogens (tertiary/aromatic N) is 3. The van der Waals surface area contributed by atoms with Gasteiger partial charge in [-0.2, -0.15) is 5.06 Å². The molecule has 22 heavy (non-hydrogen) atoms. The summed E-state index contributed by atoms with van der Waals surface area (Å²) in [6.07, 6.45) is 1.50. The van der Waals surface area contributed by atoms with Gasteiger partial charge < -0.3 is 5.11 Å². The SMILES string of the molecule is C=CCON1C(=O)N2CC1c1ccccc1N2C(=O)C(=O)O. The Morgan fingerprint density at radius 1 is 1.41 bits per heavy atom. The molecule has 2 aliphatic heterocycles. The lowest BCUT2D eigenvalue weighted by Crippen LogP contribution is -2.52. The molecule has 3 amide bonds. The van der Waals surface area contributed by atoms with Crippen LogP contribution < -0.4 is 5.01 Å². The number of hydrazine groups is 1. The van der Waals surface area contributed by atoms with Gasteiger partial charge in [-0.05, 0) is 6.07 Å². The second kappa shape index (κ2) is 5.15. The molecule has 2 bridgehead atoms. The highest BCUT2D eigenvalue weighted by Crippen LogP contribution is 2.42. The first-order valence-electron chi connectivity index (χ1n) is 6.57. The van der Waals surface area contributed by atoms with Crippen LogP contribution in [0.1, 0.15) is 11.6 Å². The molecule has 1 unspecified atom stereocenters. The third kappa shape index (κ3) is 1.92. The molecule has 0 spiro atoms. The summed E-state index contributed by atoms with van der Waals surface area (Å²) in [5.41, 5.74) is 1.02. The van der Waals surface area contributed by atoms with Crippen molar-refractivity contribution in [3.8, 4) is 0 Å². The number of carbonyl (C=O) groups is 3. The molecule has 0 radical (unpaired) electrons. The lowest BCUT2D eigenvalue weighted by Gasteiger charge is -2.34. The van der Waals surface area contributed by atoms with E-state index in [9.17, 15) is 14.4 Å². The first-order valence-corrected chi connectivity index (χ1v) is 6.57. The summed E-state index contributed by atoms with van der Waals surface area (Å²) in [4.78, 5) is 40.8. The van der Waals surface area contributed by atoms with Gasteiger partial charge in [0, 0.05) is 5.56 Å². The Balaban J connectivity index is 2.07. The second-order valence-corrected chi connectivity index (χ2v) is 4.77. The number of benzene rings is 1. The van der Waals surface area contributed by atoms with Crippen molar-refractivity contribution in [3.63, 3.8) is 0 Å². The third-order valence-electron chi connectivity index (χ3n) is 3.51. The quantitative estimate of drug-likeness (QED) is 0.662. The molecule has 3 rings (SSSR count). The van der Waals surface area contributed by atoms with Crippen LogP contribution in [0, 0.1) is 0 Å². The normalized spacial score (nSPS) is 19.2. The van der Waals surface area contributed by atoms with E-state index >= 15 is 0 Å². The molecular formula is C14H13N3O5. The molecule has 0 aromatic heterocycles. The first kappa shape index (κ1) is 14.1. The van der Waals surface area contributed by atoms with Gasteiger partial charge in [-0.25, -0.2) is 19.6 Å². The zero-order chi connectivity index (χ0) is 15.9. The minimum Gasteiger partial charge on any atom is -0.474 e. The van der Waals surface area contributed by atoms with Crippen LogP contribution in [0.15, 0.2) is 36.9 Å². The number of urea groups is 1. The number of carbonyl (C=O) groups excluding carboxylic acids is 2. The lowest BCUT2D eigenvalue weighted by atomic mass is 10.0. The van der Waals surface area contributed by atoms with Crippen molar-refractivity contribution < 1.29 is 24.3 Å². The predicted octanol–water partition coefficient (Wildman–Crippen LogP) is 0.929. The molecule has 2 aliphatic rings. The van der Waals surface area contributed by atoms with Crippen molar-refractivity contribution in [2.45, 2.75) is 6.04 Å². The first-order chi connectivity index (χ1) is 10.6. The minimum atomic E-state index is -1.63. The van der Waals surface area contributed by atoms with Crippen molar-refractivity contribution in [1.82, 2.24) is 10.1 Å². The maximum Gasteiger partial charge on any atom is 0.396 e. The van der Waals surface area contributed by atoms with Gasteiger partial charge in [-0.1, -0.05) is 24.3 Å². The zero-order valence-corrected chi connectivity index (χ0v) is 11.5. The fourth-order valence-corrected chi connectivity index (χ4v) is 2.64. The third-order valence-corrected chi connectivity index (χ3v) is 3.51. The van der Waals surface area contributed by atoms with Crippen LogP contribution in [0.3, 0.4) is 0 Å². The zero-order valence-electron chi connectivity index (χ0n) is 11.5. The number of fused-ring (bicyclic) bond motifs is 4. The summed E-state index contributed by atoms with van der Waals surface area (Å²) in [5.74, 6) is -2.82. The van der Waals surface area contributed by atoms with Gasteiger partial charge in [0.05, 0.1) is 18.8 Å². The average Bonchev–Trinajstić information content (AvgIpc) is 2.79. The van der Waals surface area contributed by atoms with Crippen LogP contribution in [0.5, 0.6) is 0 Å². The highest BCUT2D eigenvalue weighted by atomic mass is 16.7. The molecule has 1 N–H and O–H groups in total. The number of carboxylic acid groups (broad SMARTS) is 1. The fourth-order valence-electron chi connectivity index (χ4n) is 2.64. The number of aliphatic carboxylic acids is 1. The van der Waals surface area contributed by atoms with E-state index in [2.05, 4.69) is 6.58 Å². The van der Waals surface area contributed by atoms with Crippen molar-refractivity contribution in [1.29, 1.82) is 0 Å². The summed E-state index contributed by atoms with van der Waals surface area (Å²) >= 11 is 0. The number of para-hydroxylation sites is 1. The summed E-state index contributed by atoms with van der Waals surface area (Å²) < 4.78 is 0. The van der Waals surface area contributed by atoms with Gasteiger partial charge >= 0.3 is 17.9 Å². The second-order valence-electron chi connectivity index (χ2n) is 4.77. The molecule has 1 aromatic carbocycles. The molecule has 114 valence electrons. The molecule has 8 nitrogen and oxygen atoms in total. The Morgan fingerprint density at radius 3 is 2.82 bits per heavy atom. The standard InChI is InChI=1S/C14H13N3O5/c1-2-7-22-17-11-8-15(14(17)21)16(12(18)13(19)20)10-6-4-3-5-9(10)11/h2-6,11H,1,7-8H2,(H,19,20). The highest BCUT2D eigenvalue weighted by Gasteiger charge is 2.50. The number of hydroxylamine groups is 2. The number of anilines is 1. The smallest absolute Gasteiger partial charge is 0.396 e. The van der Waals surface area contributed by atoms with E-state index in [1.807, 2.05) is 0 Å². The molecule has 0 aliphatic carbocycles. The Bertz CT molecular complexity index is 674. The fraction of sp³-hybridized carbons (Fsp3) is 0.214. The van der Waals surface area contributed by atoms with E-state index in [-0.39, 0.29) is 13.2 Å². The Morgan fingerprint density at radius 2 is 2.14 bits per heavy atom. The van der Waals surface area contributed by atoms with Gasteiger partial charge in [0.2, 0.25) is 0 Å². The maximum atomic E-state index is 12.4. The molecule has 2 heterocycles. The van der Waals surface area contributed by atoms with Crippen molar-refractivity contribution in [2.24, 2.45) is 0 Å². The van der Waals surface area contributed by atoms with E-state index < -0.39 is 23.9 Å². The number of amides is 3. The van der Waals surface area contributed by atoms with Gasteiger partial charge in [0.1, 0.15) is 6.04 Å². The Labute approximate surface area is 125 Å². The summed E-state index contributed by atoms with van der Waals surface area (Å²) in [7, 11) is 0. The van der Waals surface area contributed by atoms with E-state index in [1.165, 1.54) is 6.08 Å². The lowest BCUT2D eigenvalue weighted by molar-refractivity contribution is -0.150. The number of hydrogen-bond donors (Lipinski definition) is 1. The van der Waals surface area contributed by atoms with Gasteiger partial charge in [-0.3, -0.25) is 9.63 Å². The van der Waals surface area contributed by atoms with Crippen molar-refractivity contribution >= 4 is 23.6 Å². The summed E-state index contributed by atoms with van der Waals surface area (Å²) in [6.45, 7) is 3.80. The maximum absolute atomic E-state index is 12.4. The average molecular weight is 303 g/mol. The van der Waals surface area contributed by atoms with E-state index in [0.29, 0.717) is 11.3 Å². The summed E-state index contributed by atoms with van der Waals surface area (Å²) in [5, 5.41) is 12.1. The van der Waals surface area contributed by atoms with Crippen molar-refractivity contribution in [2.75, 3.05) is 18.2 Å². The van der Waals surface area contributed by atoms with Crippen LogP contribution in [0.2, 0.25) is 0 Å².